The van der Waals surface area contributed by atoms with Gasteiger partial charge in [-0.1, -0.05) is 48.5 Å². The third-order valence-electron chi connectivity index (χ3n) is 4.68. The smallest absolute Gasteiger partial charge is 0.257 e. The van der Waals surface area contributed by atoms with Crippen molar-refractivity contribution in [2.45, 2.75) is 20.3 Å². The highest BCUT2D eigenvalue weighted by Crippen LogP contribution is 2.18. The summed E-state index contributed by atoms with van der Waals surface area (Å²) < 4.78 is 5.80. The number of anilines is 1. The Bertz CT molecular complexity index is 1000. The van der Waals surface area contributed by atoms with E-state index in [1.54, 1.807) is 18.2 Å². The van der Waals surface area contributed by atoms with E-state index < -0.39 is 0 Å². The van der Waals surface area contributed by atoms with E-state index in [9.17, 15) is 4.79 Å². The molecule has 0 saturated heterocycles. The van der Waals surface area contributed by atoms with Crippen LogP contribution in [-0.4, -0.2) is 17.6 Å². The first-order chi connectivity index (χ1) is 14.0. The van der Waals surface area contributed by atoms with Gasteiger partial charge in [0.2, 0.25) is 0 Å². The molecule has 0 fully saturated rings. The maximum absolute atomic E-state index is 12.6. The van der Waals surface area contributed by atoms with Gasteiger partial charge in [-0.25, -0.2) is 0 Å². The fraction of sp³-hybridized carbons (Fsp3) is 0.167. The monoisotopic (exact) mass is 404 g/mol. The van der Waals surface area contributed by atoms with Crippen LogP contribution in [0.2, 0.25) is 0 Å². The molecule has 0 unspecified atom stereocenters. The molecule has 3 rings (SSSR count). The van der Waals surface area contributed by atoms with E-state index in [1.165, 1.54) is 5.56 Å². The summed E-state index contributed by atoms with van der Waals surface area (Å²) in [5.74, 6) is 0.378. The molecular formula is C24H24N2O2S. The molecule has 0 aliphatic rings. The summed E-state index contributed by atoms with van der Waals surface area (Å²) in [6, 6.07) is 23.2. The fourth-order valence-corrected chi connectivity index (χ4v) is 3.08. The zero-order valence-corrected chi connectivity index (χ0v) is 17.4. The molecule has 1 amide bonds. The molecule has 3 aromatic rings. The lowest BCUT2D eigenvalue weighted by Gasteiger charge is -2.13. The van der Waals surface area contributed by atoms with Gasteiger partial charge in [-0.3, -0.25) is 10.1 Å². The Morgan fingerprint density at radius 2 is 1.72 bits per heavy atom. The van der Waals surface area contributed by atoms with Crippen LogP contribution < -0.4 is 15.4 Å². The van der Waals surface area contributed by atoms with E-state index >= 15 is 0 Å². The number of rotatable bonds is 6. The van der Waals surface area contributed by atoms with Crippen molar-refractivity contribution < 1.29 is 9.53 Å². The number of nitrogens with one attached hydrogen (secondary N) is 2. The lowest BCUT2D eigenvalue weighted by atomic mass is 10.1. The van der Waals surface area contributed by atoms with Gasteiger partial charge >= 0.3 is 0 Å². The van der Waals surface area contributed by atoms with E-state index in [2.05, 4.69) is 22.8 Å². The van der Waals surface area contributed by atoms with Gasteiger partial charge in [0.15, 0.2) is 5.11 Å². The van der Waals surface area contributed by atoms with E-state index in [0.717, 1.165) is 23.2 Å². The molecule has 0 saturated carbocycles. The Kier molecular flexibility index (Phi) is 6.98. The summed E-state index contributed by atoms with van der Waals surface area (Å²) >= 11 is 5.30. The maximum atomic E-state index is 12.6. The zero-order valence-electron chi connectivity index (χ0n) is 16.6. The van der Waals surface area contributed by atoms with Crippen LogP contribution in [0.5, 0.6) is 5.75 Å². The Hall–Kier alpha value is -3.18. The van der Waals surface area contributed by atoms with Gasteiger partial charge in [-0.15, -0.1) is 0 Å². The van der Waals surface area contributed by atoms with Gasteiger partial charge in [-0.2, -0.15) is 0 Å². The number of amides is 1. The second kappa shape index (κ2) is 9.85. The highest BCUT2D eigenvalue weighted by atomic mass is 32.1. The quantitative estimate of drug-likeness (QED) is 0.565. The van der Waals surface area contributed by atoms with Crippen molar-refractivity contribution in [1.82, 2.24) is 5.32 Å². The van der Waals surface area contributed by atoms with Crippen LogP contribution in [0.4, 0.5) is 5.69 Å². The van der Waals surface area contributed by atoms with Crippen LogP contribution in [0.3, 0.4) is 0 Å². The molecule has 0 bridgehead atoms. The van der Waals surface area contributed by atoms with Crippen LogP contribution >= 0.6 is 12.2 Å². The Labute approximate surface area is 176 Å². The number of carbonyl (C=O) groups excluding carboxylic acids is 1. The molecule has 0 aliphatic heterocycles. The van der Waals surface area contributed by atoms with Gasteiger partial charge < -0.3 is 10.1 Å². The van der Waals surface area contributed by atoms with Crippen molar-refractivity contribution >= 4 is 28.9 Å². The van der Waals surface area contributed by atoms with Crippen molar-refractivity contribution in [3.05, 3.63) is 95.1 Å². The van der Waals surface area contributed by atoms with Crippen LogP contribution in [0.1, 0.15) is 27.0 Å². The molecule has 0 aliphatic carbocycles. The lowest BCUT2D eigenvalue weighted by molar-refractivity contribution is 0.0977. The largest absolute Gasteiger partial charge is 0.493 e. The molecule has 0 spiro atoms. The first-order valence-corrected chi connectivity index (χ1v) is 9.89. The second-order valence-corrected chi connectivity index (χ2v) is 7.18. The molecule has 5 heteroatoms. The van der Waals surface area contributed by atoms with Crippen molar-refractivity contribution in [3.8, 4) is 5.75 Å². The molecule has 0 aromatic heterocycles. The van der Waals surface area contributed by atoms with Crippen LogP contribution in [0.15, 0.2) is 72.8 Å². The third kappa shape index (κ3) is 5.90. The molecule has 4 nitrogen and oxygen atoms in total. The summed E-state index contributed by atoms with van der Waals surface area (Å²) in [6.07, 6.45) is 0.807. The van der Waals surface area contributed by atoms with Gasteiger partial charge in [0.05, 0.1) is 6.61 Å². The number of ether oxygens (including phenoxy) is 1. The van der Waals surface area contributed by atoms with E-state index in [4.69, 9.17) is 17.0 Å². The van der Waals surface area contributed by atoms with Crippen molar-refractivity contribution in [1.29, 1.82) is 0 Å². The summed E-state index contributed by atoms with van der Waals surface area (Å²) in [7, 11) is 0. The molecule has 2 N–H and O–H groups in total. The number of benzene rings is 3. The maximum Gasteiger partial charge on any atom is 0.257 e. The predicted octanol–water partition coefficient (Wildman–Crippen LogP) is 5.05. The SMILES string of the molecule is Cc1cccc(NC(=S)NC(=O)c2cccc(OCCc3ccccc3)c2)c1C. The third-order valence-corrected chi connectivity index (χ3v) is 4.88. The standard InChI is InChI=1S/C24H24N2O2S/c1-17-8-6-13-22(18(17)2)25-24(29)26-23(27)20-11-7-12-21(16-20)28-15-14-19-9-4-3-5-10-19/h3-13,16H,14-15H2,1-2H3,(H2,25,26,27,29). The summed E-state index contributed by atoms with van der Waals surface area (Å²) in [5.41, 5.74) is 4.84. The minimum absolute atomic E-state index is 0.263. The van der Waals surface area contributed by atoms with E-state index in [1.807, 2.05) is 56.3 Å². The fourth-order valence-electron chi connectivity index (χ4n) is 2.87. The van der Waals surface area contributed by atoms with Crippen molar-refractivity contribution in [3.63, 3.8) is 0 Å². The average molecular weight is 405 g/mol. The summed E-state index contributed by atoms with van der Waals surface area (Å²) in [4.78, 5) is 12.6. The van der Waals surface area contributed by atoms with Gasteiger partial charge in [0.1, 0.15) is 5.75 Å². The molecule has 148 valence electrons. The van der Waals surface area contributed by atoms with E-state index in [-0.39, 0.29) is 11.0 Å². The molecular weight excluding hydrogens is 380 g/mol. The number of aryl methyl sites for hydroxylation is 1. The number of thiocarbonyl (C=S) groups is 1. The Balaban J connectivity index is 1.55. The summed E-state index contributed by atoms with van der Waals surface area (Å²) in [6.45, 7) is 4.59. The van der Waals surface area contributed by atoms with Crippen LogP contribution in [0.25, 0.3) is 0 Å². The van der Waals surface area contributed by atoms with Crippen molar-refractivity contribution in [2.24, 2.45) is 0 Å². The van der Waals surface area contributed by atoms with Gasteiger partial charge in [0, 0.05) is 17.7 Å². The summed E-state index contributed by atoms with van der Waals surface area (Å²) in [5, 5.41) is 6.08. The highest BCUT2D eigenvalue weighted by Gasteiger charge is 2.10. The minimum Gasteiger partial charge on any atom is -0.493 e. The Morgan fingerprint density at radius 1 is 0.966 bits per heavy atom. The van der Waals surface area contributed by atoms with E-state index in [0.29, 0.717) is 17.9 Å². The second-order valence-electron chi connectivity index (χ2n) is 6.77. The van der Waals surface area contributed by atoms with Gasteiger partial charge in [-0.05, 0) is 67.0 Å². The number of carbonyl (C=O) groups is 1. The topological polar surface area (TPSA) is 50.4 Å². The first kappa shape index (κ1) is 20.6. The first-order valence-electron chi connectivity index (χ1n) is 9.48. The molecule has 0 heterocycles. The molecule has 0 atom stereocenters. The minimum atomic E-state index is -0.277. The van der Waals surface area contributed by atoms with Crippen LogP contribution in [-0.2, 0) is 6.42 Å². The van der Waals surface area contributed by atoms with Crippen LogP contribution in [0, 0.1) is 13.8 Å². The highest BCUT2D eigenvalue weighted by molar-refractivity contribution is 7.80. The zero-order chi connectivity index (χ0) is 20.6. The predicted molar refractivity (Wildman–Crippen MR) is 122 cm³/mol. The number of hydrogen-bond donors (Lipinski definition) is 2. The Morgan fingerprint density at radius 3 is 2.52 bits per heavy atom. The van der Waals surface area contributed by atoms with Crippen molar-refractivity contribution in [2.75, 3.05) is 11.9 Å². The molecule has 3 aromatic carbocycles. The lowest BCUT2D eigenvalue weighted by Crippen LogP contribution is -2.34. The number of hydrogen-bond acceptors (Lipinski definition) is 3. The molecule has 29 heavy (non-hydrogen) atoms. The molecule has 0 radical (unpaired) electrons. The van der Waals surface area contributed by atoms with Gasteiger partial charge in [0.25, 0.3) is 5.91 Å². The normalized spacial score (nSPS) is 10.3. The average Bonchev–Trinajstić information content (AvgIpc) is 2.72.